The monoisotopic (exact) mass is 487 g/mol. The summed E-state index contributed by atoms with van der Waals surface area (Å²) in [5.41, 5.74) is 5.75. The molecule has 1 aliphatic heterocycles. The fraction of sp³-hybridized carbons (Fsp3) is 0.500. The number of amides is 1. The predicted molar refractivity (Wildman–Crippen MR) is 136 cm³/mol. The number of carbonyl (C=O) groups excluding carboxylic acids is 1. The lowest BCUT2D eigenvalue weighted by Gasteiger charge is -2.24. The lowest BCUT2D eigenvalue weighted by Crippen LogP contribution is -2.37. The van der Waals surface area contributed by atoms with E-state index in [1.54, 1.807) is 7.11 Å². The van der Waals surface area contributed by atoms with Gasteiger partial charge in [0, 0.05) is 44.8 Å². The van der Waals surface area contributed by atoms with Crippen LogP contribution in [-0.4, -0.2) is 59.1 Å². The molecule has 34 heavy (non-hydrogen) atoms. The smallest absolute Gasteiger partial charge is 0.241 e. The van der Waals surface area contributed by atoms with Crippen LogP contribution in [0.3, 0.4) is 0 Å². The van der Waals surface area contributed by atoms with Crippen molar-refractivity contribution in [2.24, 2.45) is 0 Å². The normalized spacial score (nSPS) is 14.8. The molecule has 0 spiro atoms. The van der Waals surface area contributed by atoms with E-state index in [2.05, 4.69) is 9.62 Å². The van der Waals surface area contributed by atoms with Crippen LogP contribution in [0.4, 0.5) is 5.69 Å². The number of rotatable bonds is 7. The molecule has 0 unspecified atom stereocenters. The molecular weight excluding hydrogens is 450 g/mol. The second kappa shape index (κ2) is 10.8. The van der Waals surface area contributed by atoms with Gasteiger partial charge in [0.2, 0.25) is 15.9 Å². The Labute approximate surface area is 204 Å². The number of ether oxygens (including phenoxy) is 1. The van der Waals surface area contributed by atoms with Gasteiger partial charge in [-0.1, -0.05) is 0 Å². The highest BCUT2D eigenvalue weighted by atomic mass is 32.2. The van der Waals surface area contributed by atoms with Crippen LogP contribution in [0.25, 0.3) is 0 Å². The van der Waals surface area contributed by atoms with Crippen molar-refractivity contribution in [3.05, 3.63) is 52.1 Å². The minimum Gasteiger partial charge on any atom is -0.497 e. The molecule has 1 fully saturated rings. The van der Waals surface area contributed by atoms with Gasteiger partial charge in [-0.3, -0.25) is 4.79 Å². The van der Waals surface area contributed by atoms with E-state index in [1.807, 2.05) is 63.8 Å². The molecule has 1 amide bonds. The zero-order chi connectivity index (χ0) is 25.0. The topological polar surface area (TPSA) is 79.0 Å². The zero-order valence-corrected chi connectivity index (χ0v) is 22.0. The summed E-state index contributed by atoms with van der Waals surface area (Å²) >= 11 is 0. The van der Waals surface area contributed by atoms with E-state index >= 15 is 0 Å². The van der Waals surface area contributed by atoms with Crippen molar-refractivity contribution in [1.82, 2.24) is 9.62 Å². The number of sulfonamides is 1. The second-order valence-corrected chi connectivity index (χ2v) is 10.7. The first-order valence-electron chi connectivity index (χ1n) is 11.8. The first-order valence-corrected chi connectivity index (χ1v) is 13.3. The van der Waals surface area contributed by atoms with E-state index < -0.39 is 10.0 Å². The van der Waals surface area contributed by atoms with Crippen LogP contribution >= 0.6 is 0 Å². The van der Waals surface area contributed by atoms with Gasteiger partial charge in [0.1, 0.15) is 5.75 Å². The molecule has 7 nitrogen and oxygen atoms in total. The largest absolute Gasteiger partial charge is 0.497 e. The maximum Gasteiger partial charge on any atom is 0.241 e. The van der Waals surface area contributed by atoms with Gasteiger partial charge in [0.15, 0.2) is 0 Å². The lowest BCUT2D eigenvalue weighted by atomic mass is 9.95. The van der Waals surface area contributed by atoms with Crippen LogP contribution in [0.2, 0.25) is 0 Å². The van der Waals surface area contributed by atoms with Gasteiger partial charge < -0.3 is 14.5 Å². The SMILES string of the molecule is COc1ccc(N2CCCN(C(=O)CCNS(=O)(=O)c3c(C)c(C)c(C)c(C)c3C)CC2)cc1. The third-order valence-electron chi connectivity index (χ3n) is 7.12. The molecule has 1 aliphatic rings. The number of nitrogens with one attached hydrogen (secondary N) is 1. The molecule has 0 saturated carbocycles. The standard InChI is InChI=1S/C26H37N3O4S/c1-18-19(2)21(4)26(22(5)20(18)3)34(31,32)27-13-12-25(30)29-15-7-14-28(16-17-29)23-8-10-24(33-6)11-9-23/h8-11,27H,7,12-17H2,1-6H3. The maximum absolute atomic E-state index is 13.1. The van der Waals surface area contributed by atoms with Gasteiger partial charge in [-0.05, 0) is 93.1 Å². The number of hydrogen-bond donors (Lipinski definition) is 1. The molecule has 1 heterocycles. The number of methoxy groups -OCH3 is 1. The van der Waals surface area contributed by atoms with Crippen molar-refractivity contribution in [3.8, 4) is 5.75 Å². The highest BCUT2D eigenvalue weighted by molar-refractivity contribution is 7.89. The molecule has 2 aromatic rings. The Bertz CT molecular complexity index is 1110. The summed E-state index contributed by atoms with van der Waals surface area (Å²) in [6.07, 6.45) is 1.01. The summed E-state index contributed by atoms with van der Waals surface area (Å²) in [6, 6.07) is 7.94. The van der Waals surface area contributed by atoms with E-state index in [9.17, 15) is 13.2 Å². The summed E-state index contributed by atoms with van der Waals surface area (Å²) in [5.74, 6) is 0.795. The van der Waals surface area contributed by atoms with Crippen molar-refractivity contribution in [2.45, 2.75) is 52.4 Å². The third kappa shape index (κ3) is 5.55. The third-order valence-corrected chi connectivity index (χ3v) is 8.85. The highest BCUT2D eigenvalue weighted by Gasteiger charge is 2.24. The van der Waals surface area contributed by atoms with Gasteiger partial charge in [-0.25, -0.2) is 13.1 Å². The Morgan fingerprint density at radius 1 is 0.882 bits per heavy atom. The van der Waals surface area contributed by atoms with Gasteiger partial charge in [0.05, 0.1) is 12.0 Å². The Morgan fingerprint density at radius 3 is 2.06 bits per heavy atom. The van der Waals surface area contributed by atoms with Crippen molar-refractivity contribution in [3.63, 3.8) is 0 Å². The van der Waals surface area contributed by atoms with E-state index in [0.29, 0.717) is 18.0 Å². The van der Waals surface area contributed by atoms with Crippen LogP contribution < -0.4 is 14.4 Å². The number of hydrogen-bond acceptors (Lipinski definition) is 5. The first kappa shape index (κ1) is 26.0. The van der Waals surface area contributed by atoms with Crippen LogP contribution in [-0.2, 0) is 14.8 Å². The summed E-state index contributed by atoms with van der Waals surface area (Å²) in [7, 11) is -2.06. The van der Waals surface area contributed by atoms with E-state index in [-0.39, 0.29) is 18.9 Å². The minimum absolute atomic E-state index is 0.0241. The summed E-state index contributed by atoms with van der Waals surface area (Å²) < 4.78 is 34.1. The molecule has 0 aliphatic carbocycles. The van der Waals surface area contributed by atoms with Crippen molar-refractivity contribution in [2.75, 3.05) is 44.7 Å². The summed E-state index contributed by atoms with van der Waals surface area (Å²) in [5, 5.41) is 0. The van der Waals surface area contributed by atoms with Crippen LogP contribution in [0.5, 0.6) is 5.75 Å². The first-order chi connectivity index (χ1) is 16.1. The van der Waals surface area contributed by atoms with Gasteiger partial charge in [-0.15, -0.1) is 0 Å². The van der Waals surface area contributed by atoms with E-state index in [1.165, 1.54) is 0 Å². The highest BCUT2D eigenvalue weighted by Crippen LogP contribution is 2.29. The number of carbonyl (C=O) groups is 1. The molecule has 1 N–H and O–H groups in total. The van der Waals surface area contributed by atoms with Crippen LogP contribution in [0.1, 0.15) is 40.7 Å². The van der Waals surface area contributed by atoms with Crippen molar-refractivity contribution in [1.29, 1.82) is 0 Å². The Balaban J connectivity index is 1.59. The summed E-state index contributed by atoms with van der Waals surface area (Å²) in [6.45, 7) is 12.6. The molecule has 186 valence electrons. The lowest BCUT2D eigenvalue weighted by molar-refractivity contribution is -0.130. The molecule has 0 aromatic heterocycles. The Kier molecular flexibility index (Phi) is 8.25. The molecule has 0 radical (unpaired) electrons. The molecule has 2 aromatic carbocycles. The van der Waals surface area contributed by atoms with Gasteiger partial charge in [0.25, 0.3) is 0 Å². The average molecular weight is 488 g/mol. The van der Waals surface area contributed by atoms with Gasteiger partial charge in [-0.2, -0.15) is 0 Å². The molecule has 8 heteroatoms. The van der Waals surface area contributed by atoms with Crippen molar-refractivity contribution >= 4 is 21.6 Å². The summed E-state index contributed by atoms with van der Waals surface area (Å²) in [4.78, 5) is 17.3. The van der Waals surface area contributed by atoms with E-state index in [0.717, 1.165) is 58.8 Å². The predicted octanol–water partition coefficient (Wildman–Crippen LogP) is 3.64. The molecule has 3 rings (SSSR count). The molecule has 1 saturated heterocycles. The quantitative estimate of drug-likeness (QED) is 0.645. The molecule has 0 bridgehead atoms. The molecular formula is C26H37N3O4S. The fourth-order valence-corrected chi connectivity index (χ4v) is 6.24. The van der Waals surface area contributed by atoms with E-state index in [4.69, 9.17) is 4.74 Å². The van der Waals surface area contributed by atoms with Crippen LogP contribution in [0, 0.1) is 34.6 Å². The zero-order valence-electron chi connectivity index (χ0n) is 21.2. The molecule has 0 atom stereocenters. The number of anilines is 1. The number of benzene rings is 2. The average Bonchev–Trinajstić information content (AvgIpc) is 3.08. The fourth-order valence-electron chi connectivity index (χ4n) is 4.61. The Hall–Kier alpha value is -2.58. The second-order valence-electron chi connectivity index (χ2n) is 9.02. The number of nitrogens with zero attached hydrogens (tertiary/aromatic N) is 2. The maximum atomic E-state index is 13.1. The minimum atomic E-state index is -3.71. The van der Waals surface area contributed by atoms with Gasteiger partial charge >= 0.3 is 0 Å². The van der Waals surface area contributed by atoms with Crippen LogP contribution in [0.15, 0.2) is 29.2 Å². The van der Waals surface area contributed by atoms with Crippen molar-refractivity contribution < 1.29 is 17.9 Å². The Morgan fingerprint density at radius 2 is 1.47 bits per heavy atom.